The molecule has 0 spiro atoms. The highest BCUT2D eigenvalue weighted by Crippen LogP contribution is 2.31. The van der Waals surface area contributed by atoms with Gasteiger partial charge in [-0.1, -0.05) is 48.5 Å². The first-order valence-corrected chi connectivity index (χ1v) is 12.7. The van der Waals surface area contributed by atoms with Crippen LogP contribution in [-0.4, -0.2) is 28.0 Å². The Morgan fingerprint density at radius 1 is 1.00 bits per heavy atom. The number of benzene rings is 2. The number of nitrogens with one attached hydrogen (secondary N) is 1. The lowest BCUT2D eigenvalue weighted by Crippen LogP contribution is -2.42. The van der Waals surface area contributed by atoms with Gasteiger partial charge >= 0.3 is 6.09 Å². The Hall–Kier alpha value is -4.09. The normalized spacial score (nSPS) is 12.4. The minimum Gasteiger partial charge on any atom is -0.436 e. The topological polar surface area (TPSA) is 137 Å². The molecule has 2 aromatic heterocycles. The van der Waals surface area contributed by atoms with E-state index >= 15 is 0 Å². The van der Waals surface area contributed by atoms with Crippen molar-refractivity contribution in [1.82, 2.24) is 10.3 Å². The maximum Gasteiger partial charge on any atom is 0.405 e. The highest BCUT2D eigenvalue weighted by atomic mass is 32.1. The van der Waals surface area contributed by atoms with Crippen LogP contribution in [0.5, 0.6) is 0 Å². The number of ether oxygens (including phenoxy) is 1. The van der Waals surface area contributed by atoms with Crippen molar-refractivity contribution in [3.8, 4) is 9.88 Å². The molecular weight excluding hydrogens is 500 g/mol. The third kappa shape index (κ3) is 6.52. The van der Waals surface area contributed by atoms with Crippen molar-refractivity contribution < 1.29 is 19.2 Å². The summed E-state index contributed by atoms with van der Waals surface area (Å²) in [5, 5.41) is 18.6. The Morgan fingerprint density at radius 3 is 2.36 bits per heavy atom. The van der Waals surface area contributed by atoms with Gasteiger partial charge in [0.1, 0.15) is 5.01 Å². The van der Waals surface area contributed by atoms with E-state index in [0.717, 1.165) is 21.0 Å². The van der Waals surface area contributed by atoms with Crippen LogP contribution in [0.25, 0.3) is 9.88 Å². The molecule has 3 N–H and O–H groups in total. The summed E-state index contributed by atoms with van der Waals surface area (Å²) in [5.74, 6) is -0.518. The summed E-state index contributed by atoms with van der Waals surface area (Å²) < 4.78 is 5.14. The highest BCUT2D eigenvalue weighted by molar-refractivity contribution is 7.20. The van der Waals surface area contributed by atoms with Crippen LogP contribution >= 0.6 is 22.7 Å². The van der Waals surface area contributed by atoms with E-state index in [-0.39, 0.29) is 12.1 Å². The molecule has 0 saturated heterocycles. The second kappa shape index (κ2) is 11.6. The number of carbonyl (C=O) groups excluding carboxylic acids is 2. The van der Waals surface area contributed by atoms with E-state index < -0.39 is 29.1 Å². The lowest BCUT2D eigenvalue weighted by atomic mass is 10.0. The number of nitrogens with zero attached hydrogens (tertiary/aromatic N) is 2. The number of carbonyl (C=O) groups is 2. The van der Waals surface area contributed by atoms with Crippen LogP contribution in [0, 0.1) is 10.1 Å². The fourth-order valence-electron chi connectivity index (χ4n) is 3.60. The SMILES string of the molecule is NC(=O)O[C@@H](Cc1ccccc1)C(=O)N[C@@H](Cc1ccc([N+](=O)[O-])cc1)c1csc(-c2cccs2)n1. The molecule has 0 fully saturated rings. The molecule has 36 heavy (non-hydrogen) atoms. The van der Waals surface area contributed by atoms with Crippen molar-refractivity contribution in [3.05, 3.63) is 104 Å². The van der Waals surface area contributed by atoms with Crippen molar-refractivity contribution in [2.24, 2.45) is 5.73 Å². The van der Waals surface area contributed by atoms with Gasteiger partial charge in [-0.25, -0.2) is 9.78 Å². The highest BCUT2D eigenvalue weighted by Gasteiger charge is 2.27. The zero-order chi connectivity index (χ0) is 25.5. The minimum atomic E-state index is -1.14. The van der Waals surface area contributed by atoms with Crippen molar-refractivity contribution in [1.29, 1.82) is 0 Å². The van der Waals surface area contributed by atoms with Gasteiger partial charge in [-0.05, 0) is 29.0 Å². The zero-order valence-electron chi connectivity index (χ0n) is 18.9. The molecule has 2 amide bonds. The standard InChI is InChI=1S/C25H22N4O5S2/c26-25(31)34-21(14-16-5-2-1-3-6-16)23(30)27-19(13-17-8-10-18(11-9-17)29(32)33)20-15-36-24(28-20)22-7-4-12-35-22/h1-12,15,19,21H,13-14H2,(H2,26,31)(H,27,30)/t19-,21-/m0/s1. The molecule has 9 nitrogen and oxygen atoms in total. The van der Waals surface area contributed by atoms with E-state index in [2.05, 4.69) is 5.32 Å². The number of hydrogen-bond acceptors (Lipinski definition) is 8. The third-order valence-electron chi connectivity index (χ3n) is 5.33. The van der Waals surface area contributed by atoms with E-state index in [9.17, 15) is 19.7 Å². The Labute approximate surface area is 214 Å². The molecule has 4 rings (SSSR count). The maximum absolute atomic E-state index is 13.3. The van der Waals surface area contributed by atoms with E-state index in [4.69, 9.17) is 15.5 Å². The lowest BCUT2D eigenvalue weighted by Gasteiger charge is -2.22. The van der Waals surface area contributed by atoms with Gasteiger partial charge in [-0.3, -0.25) is 14.9 Å². The van der Waals surface area contributed by atoms with Crippen LogP contribution in [0.1, 0.15) is 22.9 Å². The number of non-ortho nitro benzene ring substituents is 1. The number of nitrogens with two attached hydrogens (primary N) is 1. The van der Waals surface area contributed by atoms with Crippen LogP contribution in [-0.2, 0) is 22.4 Å². The summed E-state index contributed by atoms with van der Waals surface area (Å²) in [7, 11) is 0. The average Bonchev–Trinajstić information content (AvgIpc) is 3.56. The fourth-order valence-corrected chi connectivity index (χ4v) is 5.29. The molecule has 184 valence electrons. The molecule has 0 unspecified atom stereocenters. The molecule has 0 radical (unpaired) electrons. The summed E-state index contributed by atoms with van der Waals surface area (Å²) in [5.41, 5.74) is 7.43. The predicted molar refractivity (Wildman–Crippen MR) is 138 cm³/mol. The van der Waals surface area contributed by atoms with Gasteiger partial charge < -0.3 is 15.8 Å². The first-order valence-electron chi connectivity index (χ1n) is 10.9. The van der Waals surface area contributed by atoms with E-state index in [1.165, 1.54) is 23.5 Å². The zero-order valence-corrected chi connectivity index (χ0v) is 20.5. The van der Waals surface area contributed by atoms with Gasteiger partial charge in [-0.15, -0.1) is 22.7 Å². The molecule has 2 atom stereocenters. The lowest BCUT2D eigenvalue weighted by molar-refractivity contribution is -0.384. The van der Waals surface area contributed by atoms with E-state index in [1.54, 1.807) is 23.5 Å². The van der Waals surface area contributed by atoms with E-state index in [1.807, 2.05) is 53.2 Å². The Bertz CT molecular complexity index is 1320. The number of nitro groups is 1. The van der Waals surface area contributed by atoms with E-state index in [0.29, 0.717) is 12.1 Å². The van der Waals surface area contributed by atoms with Crippen molar-refractivity contribution in [2.75, 3.05) is 0 Å². The average molecular weight is 523 g/mol. The second-order valence-electron chi connectivity index (χ2n) is 7.86. The number of hydrogen-bond donors (Lipinski definition) is 2. The number of thiophene rings is 1. The smallest absolute Gasteiger partial charge is 0.405 e. The fraction of sp³-hybridized carbons (Fsp3) is 0.160. The van der Waals surface area contributed by atoms with Crippen LogP contribution in [0.2, 0.25) is 0 Å². The van der Waals surface area contributed by atoms with Crippen molar-refractivity contribution in [3.63, 3.8) is 0 Å². The largest absolute Gasteiger partial charge is 0.436 e. The molecular formula is C25H22N4O5S2. The maximum atomic E-state index is 13.3. The molecule has 0 aliphatic heterocycles. The summed E-state index contributed by atoms with van der Waals surface area (Å²) in [6, 6.07) is 18.6. The van der Waals surface area contributed by atoms with Gasteiger partial charge in [0.15, 0.2) is 6.10 Å². The number of primary amides is 1. The quantitative estimate of drug-likeness (QED) is 0.225. The van der Waals surface area contributed by atoms with Crippen LogP contribution < -0.4 is 11.1 Å². The van der Waals surface area contributed by atoms with Crippen LogP contribution in [0.15, 0.2) is 77.5 Å². The first kappa shape index (κ1) is 25.0. The number of amides is 2. The van der Waals surface area contributed by atoms with Gasteiger partial charge in [0, 0.05) is 23.9 Å². The predicted octanol–water partition coefficient (Wildman–Crippen LogP) is 4.89. The van der Waals surface area contributed by atoms with Crippen molar-refractivity contribution in [2.45, 2.75) is 25.0 Å². The number of rotatable bonds is 10. The number of aromatic nitrogens is 1. The number of nitro benzene ring substituents is 1. The molecule has 11 heteroatoms. The van der Waals surface area contributed by atoms with Gasteiger partial charge in [0.2, 0.25) is 0 Å². The molecule has 0 bridgehead atoms. The summed E-state index contributed by atoms with van der Waals surface area (Å²) in [6.45, 7) is 0. The second-order valence-corrected chi connectivity index (χ2v) is 9.66. The Morgan fingerprint density at radius 2 is 1.72 bits per heavy atom. The molecule has 0 aliphatic carbocycles. The van der Waals surface area contributed by atoms with Crippen LogP contribution in [0.3, 0.4) is 0 Å². The molecule has 2 aromatic carbocycles. The molecule has 2 heterocycles. The summed E-state index contributed by atoms with van der Waals surface area (Å²) in [4.78, 5) is 41.1. The van der Waals surface area contributed by atoms with Gasteiger partial charge in [-0.2, -0.15) is 0 Å². The molecule has 0 saturated carbocycles. The first-order chi connectivity index (χ1) is 17.4. The van der Waals surface area contributed by atoms with Crippen LogP contribution in [0.4, 0.5) is 10.5 Å². The van der Waals surface area contributed by atoms with Gasteiger partial charge in [0.05, 0.1) is 21.5 Å². The summed E-state index contributed by atoms with van der Waals surface area (Å²) in [6.07, 6.45) is -1.71. The third-order valence-corrected chi connectivity index (χ3v) is 7.23. The minimum absolute atomic E-state index is 0.0224. The Kier molecular flexibility index (Phi) is 8.03. The summed E-state index contributed by atoms with van der Waals surface area (Å²) >= 11 is 3.02. The monoisotopic (exact) mass is 522 g/mol. The molecule has 4 aromatic rings. The molecule has 0 aliphatic rings. The van der Waals surface area contributed by atoms with Gasteiger partial charge in [0.25, 0.3) is 11.6 Å². The van der Waals surface area contributed by atoms with Crippen molar-refractivity contribution >= 4 is 40.4 Å². The number of thiazole rings is 1. The Balaban J connectivity index is 1.59.